The van der Waals surface area contributed by atoms with Gasteiger partial charge in [0.1, 0.15) is 5.60 Å². The molecule has 1 rings (SSSR count). The highest BCUT2D eigenvalue weighted by atomic mass is 35.5. The summed E-state index contributed by atoms with van der Waals surface area (Å²) < 4.78 is 5.25. The summed E-state index contributed by atoms with van der Waals surface area (Å²) in [6, 6.07) is -0.0228. The van der Waals surface area contributed by atoms with E-state index in [1.54, 1.807) is 4.90 Å². The summed E-state index contributed by atoms with van der Waals surface area (Å²) in [4.78, 5) is 13.3. The molecule has 0 aromatic heterocycles. The maximum atomic E-state index is 11.7. The van der Waals surface area contributed by atoms with Crippen LogP contribution in [0.1, 0.15) is 27.2 Å². The van der Waals surface area contributed by atoms with Crippen LogP contribution >= 0.6 is 11.6 Å². The number of hydrogen-bond acceptors (Lipinski definition) is 3. The van der Waals surface area contributed by atoms with Crippen LogP contribution in [0.15, 0.2) is 0 Å². The molecule has 0 saturated carbocycles. The van der Waals surface area contributed by atoms with Gasteiger partial charge in [-0.1, -0.05) is 0 Å². The summed E-state index contributed by atoms with van der Waals surface area (Å²) in [7, 11) is 0. The van der Waals surface area contributed by atoms with Crippen molar-refractivity contribution in [2.24, 2.45) is 5.73 Å². The van der Waals surface area contributed by atoms with Gasteiger partial charge < -0.3 is 15.4 Å². The molecular formula is C10H19ClN2O2. The van der Waals surface area contributed by atoms with E-state index in [1.165, 1.54) is 0 Å². The number of ether oxygens (including phenoxy) is 1. The Morgan fingerprint density at radius 1 is 1.53 bits per heavy atom. The van der Waals surface area contributed by atoms with E-state index in [1.807, 2.05) is 20.8 Å². The van der Waals surface area contributed by atoms with Gasteiger partial charge in [-0.05, 0) is 27.2 Å². The second-order valence-electron chi connectivity index (χ2n) is 4.89. The van der Waals surface area contributed by atoms with E-state index in [2.05, 4.69) is 0 Å². The first kappa shape index (κ1) is 12.6. The first-order valence-electron chi connectivity index (χ1n) is 5.17. The van der Waals surface area contributed by atoms with Gasteiger partial charge in [0.2, 0.25) is 0 Å². The quantitative estimate of drug-likeness (QED) is 0.648. The molecule has 0 aliphatic carbocycles. The van der Waals surface area contributed by atoms with Gasteiger partial charge in [-0.15, -0.1) is 11.6 Å². The number of piperidine rings is 1. The van der Waals surface area contributed by atoms with E-state index in [0.29, 0.717) is 13.1 Å². The molecule has 0 aromatic carbocycles. The molecule has 2 N–H and O–H groups in total. The number of rotatable bonds is 0. The van der Waals surface area contributed by atoms with Gasteiger partial charge in [0.05, 0.1) is 5.38 Å². The van der Waals surface area contributed by atoms with E-state index < -0.39 is 5.60 Å². The number of amides is 1. The number of hydrogen-bond donors (Lipinski definition) is 1. The highest BCUT2D eigenvalue weighted by molar-refractivity contribution is 6.21. The van der Waals surface area contributed by atoms with Crippen LogP contribution in [0.3, 0.4) is 0 Å². The van der Waals surface area contributed by atoms with Gasteiger partial charge >= 0.3 is 6.09 Å². The maximum absolute atomic E-state index is 11.7. The number of carbonyl (C=O) groups is 1. The molecule has 0 aromatic rings. The molecule has 1 saturated heterocycles. The lowest BCUT2D eigenvalue weighted by molar-refractivity contribution is 0.0210. The fourth-order valence-corrected chi connectivity index (χ4v) is 1.71. The molecule has 15 heavy (non-hydrogen) atoms. The Labute approximate surface area is 95.7 Å². The molecule has 1 fully saturated rings. The van der Waals surface area contributed by atoms with E-state index in [9.17, 15) is 4.79 Å². The highest BCUT2D eigenvalue weighted by Gasteiger charge is 2.30. The number of carbonyl (C=O) groups excluding carboxylic acids is 1. The minimum atomic E-state index is -0.460. The lowest BCUT2D eigenvalue weighted by atomic mass is 10.1. The third-order valence-corrected chi connectivity index (χ3v) is 2.71. The minimum absolute atomic E-state index is 0.0228. The van der Waals surface area contributed by atoms with Crippen LogP contribution in [0.4, 0.5) is 4.79 Å². The summed E-state index contributed by atoms with van der Waals surface area (Å²) in [6.07, 6.45) is 0.424. The van der Waals surface area contributed by atoms with E-state index >= 15 is 0 Å². The monoisotopic (exact) mass is 234 g/mol. The zero-order valence-electron chi connectivity index (χ0n) is 9.50. The van der Waals surface area contributed by atoms with Crippen molar-refractivity contribution < 1.29 is 9.53 Å². The molecule has 0 radical (unpaired) electrons. The Kier molecular flexibility index (Phi) is 3.84. The third kappa shape index (κ3) is 3.87. The Bertz CT molecular complexity index is 240. The molecule has 0 bridgehead atoms. The lowest BCUT2D eigenvalue weighted by Gasteiger charge is -2.34. The molecule has 5 heteroatoms. The number of halogens is 1. The molecule has 1 heterocycles. The van der Waals surface area contributed by atoms with Gasteiger partial charge in [-0.25, -0.2) is 4.79 Å². The first-order chi connectivity index (χ1) is 6.79. The molecular weight excluding hydrogens is 216 g/mol. The third-order valence-electron chi connectivity index (χ3n) is 2.24. The normalized spacial score (nSPS) is 27.7. The van der Waals surface area contributed by atoms with Crippen LogP contribution in [0, 0.1) is 0 Å². The number of nitrogens with two attached hydrogens (primary N) is 1. The van der Waals surface area contributed by atoms with Gasteiger partial charge in [-0.3, -0.25) is 0 Å². The zero-order chi connectivity index (χ0) is 11.6. The van der Waals surface area contributed by atoms with Crippen LogP contribution in [0.2, 0.25) is 0 Å². The van der Waals surface area contributed by atoms with Crippen molar-refractivity contribution in [2.45, 2.75) is 44.2 Å². The van der Waals surface area contributed by atoms with Crippen LogP contribution in [0.25, 0.3) is 0 Å². The molecule has 2 unspecified atom stereocenters. The molecule has 1 aliphatic heterocycles. The van der Waals surface area contributed by atoms with Gasteiger partial charge in [-0.2, -0.15) is 0 Å². The topological polar surface area (TPSA) is 55.6 Å². The smallest absolute Gasteiger partial charge is 0.410 e. The predicted molar refractivity (Wildman–Crippen MR) is 60.0 cm³/mol. The Morgan fingerprint density at radius 3 is 2.60 bits per heavy atom. The number of nitrogens with zero attached hydrogens (tertiary/aromatic N) is 1. The average Bonchev–Trinajstić information content (AvgIpc) is 2.06. The van der Waals surface area contributed by atoms with Crippen molar-refractivity contribution >= 4 is 17.7 Å². The second-order valence-corrected chi connectivity index (χ2v) is 5.46. The van der Waals surface area contributed by atoms with E-state index in [-0.39, 0.29) is 17.5 Å². The summed E-state index contributed by atoms with van der Waals surface area (Å²) >= 11 is 6.00. The minimum Gasteiger partial charge on any atom is -0.444 e. The van der Waals surface area contributed by atoms with E-state index in [0.717, 1.165) is 6.42 Å². The average molecular weight is 235 g/mol. The van der Waals surface area contributed by atoms with Crippen molar-refractivity contribution in [3.8, 4) is 0 Å². The van der Waals surface area contributed by atoms with E-state index in [4.69, 9.17) is 22.1 Å². The molecule has 0 spiro atoms. The molecule has 88 valence electrons. The highest BCUT2D eigenvalue weighted by Crippen LogP contribution is 2.17. The van der Waals surface area contributed by atoms with Crippen molar-refractivity contribution in [1.29, 1.82) is 0 Å². The predicted octanol–water partition coefficient (Wildman–Crippen LogP) is 1.56. The Morgan fingerprint density at radius 2 is 2.13 bits per heavy atom. The summed E-state index contributed by atoms with van der Waals surface area (Å²) in [6.45, 7) is 6.63. The van der Waals surface area contributed by atoms with Crippen molar-refractivity contribution in [2.75, 3.05) is 13.1 Å². The Balaban J connectivity index is 2.48. The van der Waals surface area contributed by atoms with Crippen LogP contribution in [-0.2, 0) is 4.74 Å². The first-order valence-corrected chi connectivity index (χ1v) is 5.61. The van der Waals surface area contributed by atoms with Gasteiger partial charge in [0.15, 0.2) is 0 Å². The standard InChI is InChI=1S/C10H19ClN2O2/c1-10(2,3)15-9(14)13-5-4-8(12)7(11)6-13/h7-8H,4-6,12H2,1-3H3. The molecule has 4 nitrogen and oxygen atoms in total. The Hall–Kier alpha value is -0.480. The lowest BCUT2D eigenvalue weighted by Crippen LogP contribution is -2.51. The SMILES string of the molecule is CC(C)(C)OC(=O)N1CCC(N)C(Cl)C1. The van der Waals surface area contributed by atoms with Crippen LogP contribution < -0.4 is 5.73 Å². The largest absolute Gasteiger partial charge is 0.444 e. The van der Waals surface area contributed by atoms with Crippen molar-refractivity contribution in [1.82, 2.24) is 4.90 Å². The summed E-state index contributed by atoms with van der Waals surface area (Å²) in [5.74, 6) is 0. The molecule has 1 aliphatic rings. The van der Waals surface area contributed by atoms with Gasteiger partial charge in [0, 0.05) is 19.1 Å². The van der Waals surface area contributed by atoms with Gasteiger partial charge in [0.25, 0.3) is 0 Å². The van der Waals surface area contributed by atoms with Crippen LogP contribution in [0.5, 0.6) is 0 Å². The van der Waals surface area contributed by atoms with Crippen molar-refractivity contribution in [3.63, 3.8) is 0 Å². The maximum Gasteiger partial charge on any atom is 0.410 e. The fourth-order valence-electron chi connectivity index (χ4n) is 1.42. The zero-order valence-corrected chi connectivity index (χ0v) is 10.3. The number of likely N-dealkylation sites (tertiary alicyclic amines) is 1. The molecule has 2 atom stereocenters. The summed E-state index contributed by atoms with van der Waals surface area (Å²) in [5.41, 5.74) is 5.30. The second kappa shape index (κ2) is 4.58. The van der Waals surface area contributed by atoms with Crippen LogP contribution in [-0.4, -0.2) is 41.1 Å². The fraction of sp³-hybridized carbons (Fsp3) is 0.900. The van der Waals surface area contributed by atoms with Crippen molar-refractivity contribution in [3.05, 3.63) is 0 Å². The molecule has 1 amide bonds. The number of alkyl halides is 1. The summed E-state index contributed by atoms with van der Waals surface area (Å²) in [5, 5.41) is -0.175.